The second-order valence-electron chi connectivity index (χ2n) is 7.01. The summed E-state index contributed by atoms with van der Waals surface area (Å²) in [5.41, 5.74) is -0.749. The molecule has 1 N–H and O–H groups in total. The number of hydrogen-bond donors (Lipinski definition) is 1. The van der Waals surface area contributed by atoms with Crippen LogP contribution in [0.1, 0.15) is 18.5 Å². The summed E-state index contributed by atoms with van der Waals surface area (Å²) < 4.78 is 41.5. The van der Waals surface area contributed by atoms with Crippen LogP contribution in [-0.4, -0.2) is 48.4 Å². The highest BCUT2D eigenvalue weighted by Gasteiger charge is 2.33. The molecule has 0 radical (unpaired) electrons. The summed E-state index contributed by atoms with van der Waals surface area (Å²) in [7, 11) is 3.40. The van der Waals surface area contributed by atoms with Crippen LogP contribution in [0.2, 0.25) is 0 Å². The van der Waals surface area contributed by atoms with Gasteiger partial charge in [-0.15, -0.1) is 0 Å². The quantitative estimate of drug-likeness (QED) is 0.703. The molecule has 9 nitrogen and oxygen atoms in total. The van der Waals surface area contributed by atoms with Crippen LogP contribution in [0.25, 0.3) is 11.0 Å². The number of nitrogens with zero attached hydrogens (tertiary/aromatic N) is 7. The molecule has 3 aromatic heterocycles. The van der Waals surface area contributed by atoms with Crippen molar-refractivity contribution in [3.8, 4) is 0 Å². The molecule has 1 aliphatic rings. The van der Waals surface area contributed by atoms with E-state index in [1.54, 1.807) is 25.0 Å². The molecule has 0 bridgehead atoms. The van der Waals surface area contributed by atoms with E-state index in [1.807, 2.05) is 4.90 Å². The fourth-order valence-corrected chi connectivity index (χ4v) is 3.46. The van der Waals surface area contributed by atoms with Gasteiger partial charge in [0.15, 0.2) is 5.65 Å². The van der Waals surface area contributed by atoms with Gasteiger partial charge in [-0.2, -0.15) is 23.3 Å². The van der Waals surface area contributed by atoms with E-state index in [2.05, 4.69) is 25.4 Å². The molecule has 0 aromatic carbocycles. The van der Waals surface area contributed by atoms with Crippen LogP contribution in [0.5, 0.6) is 0 Å². The van der Waals surface area contributed by atoms with Crippen molar-refractivity contribution in [3.63, 3.8) is 0 Å². The Kier molecular flexibility index (Phi) is 4.63. The van der Waals surface area contributed by atoms with Crippen molar-refractivity contribution in [3.05, 3.63) is 34.6 Å². The Bertz CT molecular complexity index is 1100. The Morgan fingerprint density at radius 1 is 1.17 bits per heavy atom. The fourth-order valence-electron chi connectivity index (χ4n) is 3.46. The van der Waals surface area contributed by atoms with Crippen molar-refractivity contribution >= 4 is 22.8 Å². The van der Waals surface area contributed by atoms with Crippen molar-refractivity contribution in [1.82, 2.24) is 29.3 Å². The zero-order chi connectivity index (χ0) is 20.8. The predicted octanol–water partition coefficient (Wildman–Crippen LogP) is 1.56. The van der Waals surface area contributed by atoms with Gasteiger partial charge in [0, 0.05) is 45.5 Å². The van der Waals surface area contributed by atoms with Crippen LogP contribution in [-0.2, 0) is 20.3 Å². The number of hydrogen-bond acceptors (Lipinski definition) is 7. The molecule has 1 saturated heterocycles. The molecule has 0 saturated carbocycles. The molecule has 0 amide bonds. The molecule has 12 heteroatoms. The molecule has 0 spiro atoms. The number of halogens is 3. The number of aromatic nitrogens is 6. The number of rotatable bonds is 3. The van der Waals surface area contributed by atoms with Gasteiger partial charge in [-0.3, -0.25) is 14.0 Å². The van der Waals surface area contributed by atoms with Crippen molar-refractivity contribution < 1.29 is 13.2 Å². The van der Waals surface area contributed by atoms with Gasteiger partial charge in [-0.05, 0) is 12.8 Å². The standard InChI is InChI=1S/C17H19F3N8O/c1-26-8-11-14(25-26)24-16(27(2)15(11)29)28-5-3-10(4-6-28)23-13-7-12(17(18,19)20)21-9-22-13/h7-10H,3-6H2,1-2H3,(H,21,22,23). The molecule has 154 valence electrons. The van der Waals surface area contributed by atoms with Crippen molar-refractivity contribution in [2.75, 3.05) is 23.3 Å². The van der Waals surface area contributed by atoms with E-state index < -0.39 is 11.9 Å². The average molecular weight is 408 g/mol. The number of fused-ring (bicyclic) bond motifs is 1. The van der Waals surface area contributed by atoms with E-state index in [9.17, 15) is 18.0 Å². The summed E-state index contributed by atoms with van der Waals surface area (Å²) in [6.07, 6.45) is -0.657. The van der Waals surface area contributed by atoms with Gasteiger partial charge >= 0.3 is 6.18 Å². The summed E-state index contributed by atoms with van der Waals surface area (Å²) >= 11 is 0. The molecule has 29 heavy (non-hydrogen) atoms. The first-order valence-electron chi connectivity index (χ1n) is 9.03. The molecule has 1 fully saturated rings. The third-order valence-electron chi connectivity index (χ3n) is 4.94. The van der Waals surface area contributed by atoms with Crippen LogP contribution in [0, 0.1) is 0 Å². The van der Waals surface area contributed by atoms with Gasteiger partial charge in [-0.1, -0.05) is 0 Å². The molecule has 1 aliphatic heterocycles. The highest BCUT2D eigenvalue weighted by molar-refractivity contribution is 5.74. The summed E-state index contributed by atoms with van der Waals surface area (Å²) in [6.45, 7) is 1.18. The Hall–Kier alpha value is -3.18. The molecular formula is C17H19F3N8O. The molecule has 0 aliphatic carbocycles. The van der Waals surface area contributed by atoms with E-state index >= 15 is 0 Å². The second kappa shape index (κ2) is 7.01. The highest BCUT2D eigenvalue weighted by atomic mass is 19.4. The lowest BCUT2D eigenvalue weighted by Gasteiger charge is -2.33. The minimum absolute atomic E-state index is 0.0437. The summed E-state index contributed by atoms with van der Waals surface area (Å²) in [5.74, 6) is 0.673. The molecular weight excluding hydrogens is 389 g/mol. The van der Waals surface area contributed by atoms with Crippen LogP contribution in [0.3, 0.4) is 0 Å². The van der Waals surface area contributed by atoms with Gasteiger partial charge in [0.1, 0.15) is 23.2 Å². The van der Waals surface area contributed by atoms with E-state index in [4.69, 9.17) is 0 Å². The SMILES string of the molecule is Cn1cc2c(=O)n(C)c(N3CCC(Nc4cc(C(F)(F)F)ncn4)CC3)nc2n1. The van der Waals surface area contributed by atoms with Crippen molar-refractivity contribution in [1.29, 1.82) is 0 Å². The summed E-state index contributed by atoms with van der Waals surface area (Å²) in [4.78, 5) is 26.2. The van der Waals surface area contributed by atoms with Gasteiger partial charge in [-0.25, -0.2) is 9.97 Å². The van der Waals surface area contributed by atoms with Crippen LogP contribution in [0.15, 0.2) is 23.4 Å². The Morgan fingerprint density at radius 2 is 1.90 bits per heavy atom. The Morgan fingerprint density at radius 3 is 2.59 bits per heavy atom. The summed E-state index contributed by atoms with van der Waals surface area (Å²) in [6, 6.07) is 0.866. The van der Waals surface area contributed by atoms with Crippen LogP contribution >= 0.6 is 0 Å². The predicted molar refractivity (Wildman–Crippen MR) is 99.6 cm³/mol. The van der Waals surface area contributed by atoms with Crippen LogP contribution < -0.4 is 15.8 Å². The molecule has 4 heterocycles. The lowest BCUT2D eigenvalue weighted by Crippen LogP contribution is -2.42. The molecule has 0 atom stereocenters. The maximum atomic E-state index is 12.8. The third-order valence-corrected chi connectivity index (χ3v) is 4.94. The number of piperidine rings is 1. The van der Waals surface area contributed by atoms with Crippen molar-refractivity contribution in [2.24, 2.45) is 14.1 Å². The number of anilines is 2. The lowest BCUT2D eigenvalue weighted by atomic mass is 10.1. The van der Waals surface area contributed by atoms with Gasteiger partial charge in [0.25, 0.3) is 5.56 Å². The zero-order valence-corrected chi connectivity index (χ0v) is 15.8. The van der Waals surface area contributed by atoms with E-state index in [-0.39, 0.29) is 17.4 Å². The zero-order valence-electron chi connectivity index (χ0n) is 15.8. The Balaban J connectivity index is 1.47. The Labute approximate surface area is 163 Å². The molecule has 3 aromatic rings. The van der Waals surface area contributed by atoms with Gasteiger partial charge in [0.2, 0.25) is 5.95 Å². The summed E-state index contributed by atoms with van der Waals surface area (Å²) in [5, 5.41) is 7.72. The topological polar surface area (TPSA) is 93.8 Å². The smallest absolute Gasteiger partial charge is 0.367 e. The normalized spacial score (nSPS) is 15.8. The lowest BCUT2D eigenvalue weighted by molar-refractivity contribution is -0.141. The molecule has 4 rings (SSSR count). The minimum Gasteiger partial charge on any atom is -0.367 e. The molecule has 0 unspecified atom stereocenters. The van der Waals surface area contributed by atoms with E-state index in [0.29, 0.717) is 42.9 Å². The van der Waals surface area contributed by atoms with E-state index in [1.165, 1.54) is 4.57 Å². The van der Waals surface area contributed by atoms with E-state index in [0.717, 1.165) is 12.4 Å². The van der Waals surface area contributed by atoms with Crippen molar-refractivity contribution in [2.45, 2.75) is 25.1 Å². The third kappa shape index (κ3) is 3.74. The minimum atomic E-state index is -4.51. The first-order valence-corrected chi connectivity index (χ1v) is 9.03. The number of nitrogens with one attached hydrogen (secondary N) is 1. The second-order valence-corrected chi connectivity index (χ2v) is 7.01. The number of alkyl halides is 3. The maximum Gasteiger partial charge on any atom is 0.433 e. The number of aryl methyl sites for hydroxylation is 1. The first kappa shape index (κ1) is 19.2. The largest absolute Gasteiger partial charge is 0.433 e. The fraction of sp³-hybridized carbons (Fsp3) is 0.471. The van der Waals surface area contributed by atoms with Crippen LogP contribution in [0.4, 0.5) is 24.9 Å². The first-order chi connectivity index (χ1) is 13.7. The average Bonchev–Trinajstić information content (AvgIpc) is 3.06. The highest BCUT2D eigenvalue weighted by Crippen LogP contribution is 2.28. The monoisotopic (exact) mass is 408 g/mol. The maximum absolute atomic E-state index is 12.8. The van der Waals surface area contributed by atoms with Gasteiger partial charge in [0.05, 0.1) is 0 Å². The van der Waals surface area contributed by atoms with Gasteiger partial charge < -0.3 is 10.2 Å².